The number of nitrogens with one attached hydrogen (secondary N) is 1. The Balaban J connectivity index is 1.37. The smallest absolute Gasteiger partial charge is 0.227 e. The Labute approximate surface area is 187 Å². The molecule has 1 amide bonds. The summed E-state index contributed by atoms with van der Waals surface area (Å²) in [5.74, 6) is 1.58. The maximum atomic E-state index is 13.8. The molecular weight excluding hydrogens is 380 g/mol. The van der Waals surface area contributed by atoms with E-state index in [9.17, 15) is 4.79 Å². The molecule has 2 aromatic carbocycles. The lowest BCUT2D eigenvalue weighted by molar-refractivity contribution is -0.138. The summed E-state index contributed by atoms with van der Waals surface area (Å²) in [6, 6.07) is 17.7. The molecule has 1 aliphatic carbocycles. The largest absolute Gasteiger partial charge is 0.342 e. The normalized spacial score (nSPS) is 26.4. The molecule has 2 aromatic rings. The molecule has 2 aliphatic heterocycles. The van der Waals surface area contributed by atoms with Crippen molar-refractivity contribution in [3.05, 3.63) is 70.8 Å². The summed E-state index contributed by atoms with van der Waals surface area (Å²) < 4.78 is 0. The van der Waals surface area contributed by atoms with E-state index in [1.54, 1.807) is 0 Å². The Hall–Kier alpha value is -2.13. The molecule has 3 nitrogen and oxygen atoms in total. The van der Waals surface area contributed by atoms with Crippen molar-refractivity contribution in [2.75, 3.05) is 26.2 Å². The van der Waals surface area contributed by atoms with Crippen LogP contribution in [0.2, 0.25) is 0 Å². The molecule has 0 bridgehead atoms. The Morgan fingerprint density at radius 3 is 2.58 bits per heavy atom. The number of amides is 1. The highest BCUT2D eigenvalue weighted by Crippen LogP contribution is 2.47. The molecule has 31 heavy (non-hydrogen) atoms. The zero-order valence-corrected chi connectivity index (χ0v) is 19.1. The highest BCUT2D eigenvalue weighted by Gasteiger charge is 2.51. The molecule has 0 unspecified atom stereocenters. The molecule has 2 atom stereocenters. The van der Waals surface area contributed by atoms with E-state index in [-0.39, 0.29) is 11.3 Å². The topological polar surface area (TPSA) is 32.3 Å². The number of fused-ring (bicyclic) bond motifs is 2. The first-order valence-electron chi connectivity index (χ1n) is 12.3. The van der Waals surface area contributed by atoms with E-state index in [1.807, 2.05) is 0 Å². The fourth-order valence-electron chi connectivity index (χ4n) is 6.61. The van der Waals surface area contributed by atoms with Gasteiger partial charge in [-0.3, -0.25) is 4.79 Å². The second-order valence-electron chi connectivity index (χ2n) is 10.2. The van der Waals surface area contributed by atoms with Crippen molar-refractivity contribution in [2.45, 2.75) is 63.2 Å². The van der Waals surface area contributed by atoms with E-state index >= 15 is 0 Å². The molecule has 164 valence electrons. The monoisotopic (exact) mass is 416 g/mol. The lowest BCUT2D eigenvalue weighted by Crippen LogP contribution is -2.49. The van der Waals surface area contributed by atoms with Crippen LogP contribution < -0.4 is 5.32 Å². The molecular formula is C28H36N2O. The quantitative estimate of drug-likeness (QED) is 0.763. The van der Waals surface area contributed by atoms with Gasteiger partial charge in [0.05, 0.1) is 5.92 Å². The van der Waals surface area contributed by atoms with Gasteiger partial charge < -0.3 is 10.2 Å². The van der Waals surface area contributed by atoms with Gasteiger partial charge in [-0.25, -0.2) is 0 Å². The molecule has 2 saturated heterocycles. The van der Waals surface area contributed by atoms with Gasteiger partial charge >= 0.3 is 0 Å². The van der Waals surface area contributed by atoms with Gasteiger partial charge in [0.25, 0.3) is 0 Å². The van der Waals surface area contributed by atoms with Crippen LogP contribution in [0.15, 0.2) is 48.5 Å². The summed E-state index contributed by atoms with van der Waals surface area (Å²) >= 11 is 0. The highest BCUT2D eigenvalue weighted by molar-refractivity contribution is 5.82. The van der Waals surface area contributed by atoms with Crippen LogP contribution in [-0.4, -0.2) is 37.0 Å². The average Bonchev–Trinajstić information content (AvgIpc) is 3.23. The fourth-order valence-corrected chi connectivity index (χ4v) is 6.61. The number of carbonyl (C=O) groups is 1. The van der Waals surface area contributed by atoms with Crippen molar-refractivity contribution < 1.29 is 4.79 Å². The lowest BCUT2D eigenvalue weighted by atomic mass is 9.63. The number of rotatable bonds is 3. The molecule has 2 heterocycles. The minimum atomic E-state index is -0.0220. The molecule has 0 saturated carbocycles. The summed E-state index contributed by atoms with van der Waals surface area (Å²) in [7, 11) is 0. The van der Waals surface area contributed by atoms with Gasteiger partial charge in [0, 0.05) is 31.6 Å². The Morgan fingerprint density at radius 2 is 1.84 bits per heavy atom. The third-order valence-electron chi connectivity index (χ3n) is 8.25. The maximum absolute atomic E-state index is 13.8. The number of nitrogens with zero attached hydrogens (tertiary/aromatic N) is 1. The van der Waals surface area contributed by atoms with E-state index in [0.29, 0.717) is 17.7 Å². The van der Waals surface area contributed by atoms with E-state index in [4.69, 9.17) is 0 Å². The standard InChI is InChI=1S/C28H36N2O/c1-20(2)23-10-6-12-25-24(23)11-7-15-28(25)19-29-18-26(28)27(31)30-16-13-22(14-17-30)21-8-4-3-5-9-21/h3-6,8-10,12,20,22,26,29H,7,11,13-19H2,1-2H3/t26-,28-/m0/s1. The number of piperidine rings is 1. The van der Waals surface area contributed by atoms with Crippen LogP contribution in [0.4, 0.5) is 0 Å². The van der Waals surface area contributed by atoms with Crippen molar-refractivity contribution >= 4 is 5.91 Å². The predicted octanol–water partition coefficient (Wildman–Crippen LogP) is 5.01. The second-order valence-corrected chi connectivity index (χ2v) is 10.2. The van der Waals surface area contributed by atoms with Crippen molar-refractivity contribution in [3.8, 4) is 0 Å². The molecule has 3 heteroatoms. The molecule has 2 fully saturated rings. The Kier molecular flexibility index (Phi) is 5.64. The molecule has 3 aliphatic rings. The van der Waals surface area contributed by atoms with Crippen molar-refractivity contribution in [2.24, 2.45) is 5.92 Å². The number of benzene rings is 2. The van der Waals surface area contributed by atoms with Crippen LogP contribution in [0, 0.1) is 5.92 Å². The predicted molar refractivity (Wildman–Crippen MR) is 127 cm³/mol. The Bertz CT molecular complexity index is 929. The van der Waals surface area contributed by atoms with Gasteiger partial charge in [0.1, 0.15) is 0 Å². The van der Waals surface area contributed by atoms with Gasteiger partial charge in [-0.2, -0.15) is 0 Å². The second kappa shape index (κ2) is 8.43. The van der Waals surface area contributed by atoms with E-state index < -0.39 is 0 Å². The van der Waals surface area contributed by atoms with E-state index in [0.717, 1.165) is 51.9 Å². The van der Waals surface area contributed by atoms with Crippen molar-refractivity contribution in [3.63, 3.8) is 0 Å². The average molecular weight is 417 g/mol. The summed E-state index contributed by atoms with van der Waals surface area (Å²) in [5, 5.41) is 3.63. The van der Waals surface area contributed by atoms with Crippen molar-refractivity contribution in [1.29, 1.82) is 0 Å². The number of hydrogen-bond donors (Lipinski definition) is 1. The Morgan fingerprint density at radius 1 is 1.06 bits per heavy atom. The summed E-state index contributed by atoms with van der Waals surface area (Å²) in [6.07, 6.45) is 5.65. The van der Waals surface area contributed by atoms with E-state index in [2.05, 4.69) is 72.6 Å². The summed E-state index contributed by atoms with van der Waals surface area (Å²) in [5.41, 5.74) is 5.89. The van der Waals surface area contributed by atoms with Gasteiger partial charge in [0.15, 0.2) is 0 Å². The number of carbonyl (C=O) groups excluding carboxylic acids is 1. The van der Waals surface area contributed by atoms with Gasteiger partial charge in [-0.1, -0.05) is 62.4 Å². The molecule has 5 rings (SSSR count). The molecule has 1 N–H and O–H groups in total. The zero-order chi connectivity index (χ0) is 21.4. The van der Waals surface area contributed by atoms with Gasteiger partial charge in [0.2, 0.25) is 5.91 Å². The van der Waals surface area contributed by atoms with Crippen LogP contribution in [0.25, 0.3) is 0 Å². The van der Waals surface area contributed by atoms with Crippen molar-refractivity contribution in [1.82, 2.24) is 10.2 Å². The van der Waals surface area contributed by atoms with Crippen LogP contribution in [-0.2, 0) is 16.6 Å². The zero-order valence-electron chi connectivity index (χ0n) is 19.1. The highest BCUT2D eigenvalue weighted by atomic mass is 16.2. The third kappa shape index (κ3) is 3.61. The van der Waals surface area contributed by atoms with Crippen LogP contribution in [0.3, 0.4) is 0 Å². The minimum Gasteiger partial charge on any atom is -0.342 e. The van der Waals surface area contributed by atoms with Crippen LogP contribution in [0.5, 0.6) is 0 Å². The summed E-state index contributed by atoms with van der Waals surface area (Å²) in [6.45, 7) is 8.14. The van der Waals surface area contributed by atoms with Gasteiger partial charge in [-0.05, 0) is 66.2 Å². The van der Waals surface area contributed by atoms with Gasteiger partial charge in [-0.15, -0.1) is 0 Å². The molecule has 0 aromatic heterocycles. The van der Waals surface area contributed by atoms with Crippen LogP contribution in [0.1, 0.15) is 73.6 Å². The fraction of sp³-hybridized carbons (Fsp3) is 0.536. The number of hydrogen-bond acceptors (Lipinski definition) is 2. The first kappa shape index (κ1) is 20.8. The SMILES string of the molecule is CC(C)c1cccc2c1CCC[C@]21CNC[C@H]1C(=O)N1CCC(c2ccccc2)CC1. The number of likely N-dealkylation sites (tertiary alicyclic amines) is 1. The third-order valence-corrected chi connectivity index (χ3v) is 8.25. The van der Waals surface area contributed by atoms with E-state index in [1.165, 1.54) is 28.7 Å². The maximum Gasteiger partial charge on any atom is 0.227 e. The van der Waals surface area contributed by atoms with Crippen LogP contribution >= 0.6 is 0 Å². The first-order valence-corrected chi connectivity index (χ1v) is 12.3. The molecule has 1 spiro atoms. The first-order chi connectivity index (χ1) is 15.1. The summed E-state index contributed by atoms with van der Waals surface area (Å²) in [4.78, 5) is 16.0. The molecule has 0 radical (unpaired) electrons. The lowest BCUT2D eigenvalue weighted by Gasteiger charge is -2.43. The minimum absolute atomic E-state index is 0.0220.